The second-order valence-electron chi connectivity index (χ2n) is 11.8. The maximum atomic E-state index is 14.1. The lowest BCUT2D eigenvalue weighted by Crippen LogP contribution is -2.45. The average molecular weight is 699 g/mol. The van der Waals surface area contributed by atoms with E-state index < -0.39 is 11.7 Å². The number of ketones is 1. The van der Waals surface area contributed by atoms with Gasteiger partial charge in [0.15, 0.2) is 17.2 Å². The van der Waals surface area contributed by atoms with Gasteiger partial charge in [-0.1, -0.05) is 67.4 Å². The fourth-order valence-electron chi connectivity index (χ4n) is 6.04. The highest BCUT2D eigenvalue weighted by molar-refractivity contribution is 6.33. The average Bonchev–Trinajstić information content (AvgIpc) is 3.75. The Morgan fingerprint density at radius 1 is 0.960 bits per heavy atom. The standard InChI is InChI=1S/C37H43ClN8O4/c1-6-10-19-32-39-35(38)33(34(47)30-17-14-18-31(46(30)49)37(48)43(7-2)8-3)44(32)23-22-26-20-21-28(27-15-12-11-13-16-27)29(24-26)36-40-41-42-45(36)25(5)50-9-4/h11-18,20-21,24-25H,6-10,19,22-23H2,1-5H3. The molecule has 2 aromatic carbocycles. The number of halogens is 1. The normalized spacial score (nSPS) is 11.9. The lowest BCUT2D eigenvalue weighted by atomic mass is 9.96. The van der Waals surface area contributed by atoms with Gasteiger partial charge in [-0.2, -0.15) is 9.41 Å². The second kappa shape index (κ2) is 16.6. The molecule has 50 heavy (non-hydrogen) atoms. The van der Waals surface area contributed by atoms with Crippen molar-refractivity contribution in [3.8, 4) is 22.5 Å². The number of tetrazole rings is 1. The first-order chi connectivity index (χ1) is 24.2. The van der Waals surface area contributed by atoms with E-state index in [1.165, 1.54) is 17.0 Å². The van der Waals surface area contributed by atoms with Crippen LogP contribution in [-0.2, 0) is 24.1 Å². The maximum absolute atomic E-state index is 14.1. The van der Waals surface area contributed by atoms with Crippen molar-refractivity contribution in [3.05, 3.63) is 106 Å². The van der Waals surface area contributed by atoms with Gasteiger partial charge >= 0.3 is 5.91 Å². The maximum Gasteiger partial charge on any atom is 0.319 e. The zero-order chi connectivity index (χ0) is 35.8. The van der Waals surface area contributed by atoms with E-state index in [4.69, 9.17) is 16.3 Å². The SMILES string of the molecule is CCCCc1nc(Cl)c(C(=O)c2cccc(C(=O)N(CC)CC)[n+]2[O-])n1CCc1ccc(-c2ccccc2)c(-c2nnnn2C(C)OCC)c1. The van der Waals surface area contributed by atoms with E-state index >= 15 is 0 Å². The molecule has 12 nitrogen and oxygen atoms in total. The van der Waals surface area contributed by atoms with E-state index in [-0.39, 0.29) is 28.5 Å². The molecule has 0 bridgehead atoms. The van der Waals surface area contributed by atoms with E-state index in [2.05, 4.69) is 33.5 Å². The molecule has 0 N–H and O–H groups in total. The van der Waals surface area contributed by atoms with Crippen LogP contribution in [-0.4, -0.2) is 66.0 Å². The number of benzene rings is 2. The molecule has 0 aliphatic rings. The van der Waals surface area contributed by atoms with Crippen LogP contribution in [0.4, 0.5) is 0 Å². The Balaban J connectivity index is 1.54. The van der Waals surface area contributed by atoms with Crippen LogP contribution in [0.5, 0.6) is 0 Å². The molecule has 1 atom stereocenters. The number of nitrogens with zero attached hydrogens (tertiary/aromatic N) is 8. The van der Waals surface area contributed by atoms with Gasteiger partial charge in [0.05, 0.1) is 0 Å². The minimum atomic E-state index is -0.598. The van der Waals surface area contributed by atoms with Gasteiger partial charge < -0.3 is 19.4 Å². The Labute approximate surface area is 297 Å². The van der Waals surface area contributed by atoms with Crippen molar-refractivity contribution in [2.24, 2.45) is 0 Å². The van der Waals surface area contributed by atoms with Crippen molar-refractivity contribution in [2.75, 3.05) is 19.7 Å². The van der Waals surface area contributed by atoms with Crippen molar-refractivity contribution in [2.45, 2.75) is 73.1 Å². The second-order valence-corrected chi connectivity index (χ2v) is 12.2. The van der Waals surface area contributed by atoms with Crippen LogP contribution in [0.25, 0.3) is 22.5 Å². The molecule has 0 spiro atoms. The highest BCUT2D eigenvalue weighted by Gasteiger charge is 2.31. The lowest BCUT2D eigenvalue weighted by Gasteiger charge is -2.18. The van der Waals surface area contributed by atoms with Crippen LogP contribution in [0, 0.1) is 5.21 Å². The summed E-state index contributed by atoms with van der Waals surface area (Å²) in [5.74, 6) is 0.178. The van der Waals surface area contributed by atoms with E-state index in [9.17, 15) is 14.8 Å². The molecule has 3 aromatic heterocycles. The highest BCUT2D eigenvalue weighted by atomic mass is 35.5. The summed E-state index contributed by atoms with van der Waals surface area (Å²) in [6.07, 6.45) is 2.48. The highest BCUT2D eigenvalue weighted by Crippen LogP contribution is 2.33. The fraction of sp³-hybridized carbons (Fsp3) is 0.378. The third-order valence-corrected chi connectivity index (χ3v) is 8.96. The number of carbonyl (C=O) groups is 2. The Morgan fingerprint density at radius 2 is 1.70 bits per heavy atom. The summed E-state index contributed by atoms with van der Waals surface area (Å²) >= 11 is 6.68. The number of amides is 1. The van der Waals surface area contributed by atoms with Crippen molar-refractivity contribution >= 4 is 23.3 Å². The smallest absolute Gasteiger partial charge is 0.319 e. The zero-order valence-corrected chi connectivity index (χ0v) is 29.9. The van der Waals surface area contributed by atoms with Crippen molar-refractivity contribution in [1.29, 1.82) is 0 Å². The van der Waals surface area contributed by atoms with Gasteiger partial charge in [0, 0.05) is 50.4 Å². The molecule has 0 saturated carbocycles. The van der Waals surface area contributed by atoms with E-state index in [0.717, 1.165) is 35.1 Å². The van der Waals surface area contributed by atoms with Crippen LogP contribution in [0.2, 0.25) is 5.15 Å². The molecule has 5 aromatic rings. The van der Waals surface area contributed by atoms with Gasteiger partial charge in [-0.25, -0.2) is 4.98 Å². The molecule has 0 radical (unpaired) electrons. The van der Waals surface area contributed by atoms with Crippen LogP contribution in [0.3, 0.4) is 0 Å². The van der Waals surface area contributed by atoms with Gasteiger partial charge in [0.1, 0.15) is 11.5 Å². The molecule has 0 saturated heterocycles. The lowest BCUT2D eigenvalue weighted by molar-refractivity contribution is -0.610. The van der Waals surface area contributed by atoms with Gasteiger partial charge in [-0.15, -0.1) is 5.10 Å². The molecule has 0 aliphatic carbocycles. The molecule has 1 unspecified atom stereocenters. The number of hydrogen-bond donors (Lipinski definition) is 0. The summed E-state index contributed by atoms with van der Waals surface area (Å²) in [5, 5.41) is 26.1. The Kier molecular flexibility index (Phi) is 12.1. The molecule has 1 amide bonds. The van der Waals surface area contributed by atoms with Gasteiger partial charge in [-0.3, -0.25) is 9.59 Å². The minimum Gasteiger partial charge on any atom is -0.618 e. The largest absolute Gasteiger partial charge is 0.618 e. The molecular weight excluding hydrogens is 656 g/mol. The Morgan fingerprint density at radius 3 is 2.40 bits per heavy atom. The Hall–Kier alpha value is -4.94. The predicted molar refractivity (Wildman–Crippen MR) is 191 cm³/mol. The van der Waals surface area contributed by atoms with E-state index in [1.807, 2.05) is 74.7 Å². The molecule has 3 heterocycles. The first-order valence-corrected chi connectivity index (χ1v) is 17.5. The summed E-state index contributed by atoms with van der Waals surface area (Å²) in [5.41, 5.74) is 3.56. The molecule has 0 aliphatic heterocycles. The number of pyridine rings is 1. The van der Waals surface area contributed by atoms with Gasteiger partial charge in [0.25, 0.3) is 17.2 Å². The zero-order valence-electron chi connectivity index (χ0n) is 29.2. The fourth-order valence-corrected chi connectivity index (χ4v) is 6.32. The monoisotopic (exact) mass is 698 g/mol. The minimum absolute atomic E-state index is 0.0192. The number of aryl methyl sites for hydroxylation is 2. The molecular formula is C37H43ClN8O4. The summed E-state index contributed by atoms with van der Waals surface area (Å²) in [4.78, 5) is 33.4. The number of aromatic nitrogens is 7. The van der Waals surface area contributed by atoms with Crippen molar-refractivity contribution in [1.82, 2.24) is 34.7 Å². The number of hydrogen-bond acceptors (Lipinski definition) is 8. The van der Waals surface area contributed by atoms with Crippen LogP contribution >= 0.6 is 11.6 Å². The number of rotatable bonds is 16. The van der Waals surface area contributed by atoms with Crippen molar-refractivity contribution < 1.29 is 19.1 Å². The quantitative estimate of drug-likeness (QED) is 0.0662. The molecule has 262 valence electrons. The summed E-state index contributed by atoms with van der Waals surface area (Å²) in [6.45, 7) is 11.3. The van der Waals surface area contributed by atoms with E-state index in [1.54, 1.807) is 10.7 Å². The van der Waals surface area contributed by atoms with Crippen molar-refractivity contribution in [3.63, 3.8) is 0 Å². The van der Waals surface area contributed by atoms with Crippen LogP contribution in [0.1, 0.15) is 91.7 Å². The van der Waals surface area contributed by atoms with Crippen LogP contribution in [0.15, 0.2) is 66.7 Å². The number of ether oxygens (including phenoxy) is 1. The number of carbonyl (C=O) groups excluding carboxylic acids is 2. The number of unbranched alkanes of at least 4 members (excludes halogenated alkanes) is 1. The molecule has 0 fully saturated rings. The third kappa shape index (κ3) is 7.61. The topological polar surface area (TPSA) is 135 Å². The summed E-state index contributed by atoms with van der Waals surface area (Å²) in [7, 11) is 0. The number of imidazole rings is 1. The first-order valence-electron chi connectivity index (χ1n) is 17.1. The first kappa shape index (κ1) is 36.3. The third-order valence-electron chi connectivity index (χ3n) is 8.70. The van der Waals surface area contributed by atoms with Crippen LogP contribution < -0.4 is 4.73 Å². The van der Waals surface area contributed by atoms with Gasteiger partial charge in [-0.05, 0) is 79.8 Å². The summed E-state index contributed by atoms with van der Waals surface area (Å²) in [6, 6.07) is 20.6. The predicted octanol–water partition coefficient (Wildman–Crippen LogP) is 6.34. The summed E-state index contributed by atoms with van der Waals surface area (Å²) < 4.78 is 9.71. The van der Waals surface area contributed by atoms with Gasteiger partial charge in [0.2, 0.25) is 0 Å². The molecule has 5 rings (SSSR count). The Bertz CT molecular complexity index is 1940. The van der Waals surface area contributed by atoms with E-state index in [0.29, 0.717) is 55.5 Å². The molecule has 13 heteroatoms.